The average molecular weight is 168 g/mol. The molecule has 2 rings (SSSR count). The van der Waals surface area contributed by atoms with Gasteiger partial charge in [0, 0.05) is 12.3 Å². The van der Waals surface area contributed by atoms with E-state index < -0.39 is 0 Å². The lowest BCUT2D eigenvalue weighted by Gasteiger charge is -2.08. The van der Waals surface area contributed by atoms with Gasteiger partial charge in [-0.05, 0) is 5.56 Å². The molecule has 58 valence electrons. The van der Waals surface area contributed by atoms with Gasteiger partial charge in [0.25, 0.3) is 0 Å². The summed E-state index contributed by atoms with van der Waals surface area (Å²) in [6, 6.07) is 10.6. The minimum absolute atomic E-state index is 0.538. The van der Waals surface area contributed by atoms with Crippen LogP contribution in [0.2, 0.25) is 0 Å². The van der Waals surface area contributed by atoms with E-state index in [2.05, 4.69) is 35.6 Å². The Bertz CT molecular complexity index is 216. The number of hydrogen-bond donors (Lipinski definition) is 1. The van der Waals surface area contributed by atoms with Crippen LogP contribution in [0.3, 0.4) is 0 Å². The molecule has 2 heteroatoms. The zero-order valence-electron chi connectivity index (χ0n) is 6.29. The Morgan fingerprint density at radius 3 is 2.73 bits per heavy atom. The predicted molar refractivity (Wildman–Crippen MR) is 49.6 cm³/mol. The Morgan fingerprint density at radius 2 is 2.09 bits per heavy atom. The molecule has 1 unspecified atom stereocenters. The Balaban J connectivity index is 2.16. The minimum atomic E-state index is 0.538. The zero-order valence-corrected chi connectivity index (χ0v) is 7.10. The Kier molecular flexibility index (Phi) is 2.15. The second-order valence-electron chi connectivity index (χ2n) is 2.62. The quantitative estimate of drug-likeness (QED) is 0.688. The highest BCUT2D eigenvalue weighted by Gasteiger charge is 2.15. The molecule has 0 aliphatic carbocycles. The van der Waals surface area contributed by atoms with Crippen LogP contribution in [0.25, 0.3) is 0 Å². The Labute approximate surface area is 71.2 Å². The third-order valence-electron chi connectivity index (χ3n) is 1.82. The van der Waals surface area contributed by atoms with Crippen molar-refractivity contribution in [3.8, 4) is 0 Å². The molecule has 0 radical (unpaired) electrons. The first-order valence-electron chi connectivity index (χ1n) is 3.87. The largest absolute Gasteiger partial charge is 0.301 e. The van der Waals surface area contributed by atoms with Gasteiger partial charge in [-0.15, -0.1) is 11.8 Å². The zero-order chi connectivity index (χ0) is 7.52. The van der Waals surface area contributed by atoms with Crippen molar-refractivity contribution in [1.82, 2.24) is 5.32 Å². The molecule has 0 amide bonds. The first-order valence-corrected chi connectivity index (χ1v) is 4.91. The highest BCUT2D eigenvalue weighted by molar-refractivity contribution is 7.99. The van der Waals surface area contributed by atoms with Gasteiger partial charge in [-0.3, -0.25) is 0 Å². The van der Waals surface area contributed by atoms with E-state index in [-0.39, 0.29) is 0 Å². The van der Waals surface area contributed by atoms with Crippen LogP contribution < -0.4 is 5.32 Å². The number of hydrogen-bond acceptors (Lipinski definition) is 2. The fourth-order valence-corrected chi connectivity index (χ4v) is 2.32. The van der Waals surface area contributed by atoms with E-state index in [1.54, 1.807) is 0 Å². The number of thioether (sulfide) groups is 1. The van der Waals surface area contributed by atoms with Crippen molar-refractivity contribution in [2.45, 2.75) is 5.37 Å². The van der Waals surface area contributed by atoms with Crippen LogP contribution in [-0.2, 0) is 0 Å². The lowest BCUT2D eigenvalue weighted by atomic mass is 10.2. The highest BCUT2D eigenvalue weighted by atomic mass is 35.1. The van der Waals surface area contributed by atoms with Crippen molar-refractivity contribution in [2.75, 3.05) is 12.3 Å². The summed E-state index contributed by atoms with van der Waals surface area (Å²) in [6.45, 7) is 1.14. The van der Waals surface area contributed by atoms with Gasteiger partial charge in [0.1, 0.15) is 0 Å². The molecule has 1 N–H and O–H groups in total. The molecule has 1 atom stereocenters. The summed E-state index contributed by atoms with van der Waals surface area (Å²) in [4.78, 5) is 0. The van der Waals surface area contributed by atoms with Crippen molar-refractivity contribution in [2.24, 2.45) is 0 Å². The van der Waals surface area contributed by atoms with Crippen molar-refractivity contribution in [3.05, 3.63) is 35.9 Å². The smallest absolute Gasteiger partial charge is 0.0790 e. The fraction of sp³-hybridized carbons (Fsp3) is 0.333. The van der Waals surface area contributed by atoms with Gasteiger partial charge in [0.15, 0.2) is 0 Å². The van der Waals surface area contributed by atoms with Gasteiger partial charge in [-0.25, -0.2) is 0 Å². The summed E-state index contributed by atoms with van der Waals surface area (Å²) in [6.07, 6.45) is 0. The summed E-state index contributed by atoms with van der Waals surface area (Å²) in [5.74, 6) is 1.24. The van der Waals surface area contributed by atoms with E-state index in [1.807, 2.05) is 11.8 Å². The van der Waals surface area contributed by atoms with Gasteiger partial charge in [-0.2, -0.15) is 0 Å². The average Bonchev–Trinajstić information content (AvgIpc) is 2.58. The van der Waals surface area contributed by atoms with Gasteiger partial charge in [0.05, 0.1) is 5.37 Å². The molecule has 0 aromatic heterocycles. The molecular weight excluding hydrogens is 157 g/mol. The number of nitrogens with one attached hydrogen (secondary N) is 1. The maximum absolute atomic E-state index is 3.44. The van der Waals surface area contributed by atoms with Crippen molar-refractivity contribution in [3.63, 3.8) is 0 Å². The van der Waals surface area contributed by atoms with E-state index >= 15 is 0 Å². The lowest BCUT2D eigenvalue weighted by Crippen LogP contribution is -2.11. The molecule has 1 saturated heterocycles. The third-order valence-corrected chi connectivity index (χ3v) is 3.03. The topological polar surface area (TPSA) is 12.0 Å². The number of benzene rings is 1. The van der Waals surface area contributed by atoms with Gasteiger partial charge >= 0.3 is 0 Å². The predicted octanol–water partition coefficient (Wildman–Crippen LogP) is 2.02. The van der Waals surface area contributed by atoms with Crippen molar-refractivity contribution < 1.29 is 0 Å². The Morgan fingerprint density at radius 1 is 1.27 bits per heavy atom. The summed E-state index contributed by atoms with van der Waals surface area (Å²) in [7, 11) is 0. The molecule has 1 nitrogen and oxygen atoms in total. The van der Waals surface area contributed by atoms with Crippen LogP contribution in [0.15, 0.2) is 30.3 Å². The molecular formula is C9H11NS. The molecule has 0 spiro atoms. The summed E-state index contributed by atoms with van der Waals surface area (Å²) >= 11 is 1.98. The first kappa shape index (κ1) is 7.19. The molecule has 0 saturated carbocycles. The standard InChI is InChI=1S/C9H11NS/c1-2-4-8(5-3-1)9-10-6-7-11-9/h1-5,9-10H,6-7H2/i11+3. The van der Waals surface area contributed by atoms with Crippen LogP contribution >= 0.6 is 11.8 Å². The maximum Gasteiger partial charge on any atom is 0.0790 e. The fourth-order valence-electron chi connectivity index (χ4n) is 1.27. The molecule has 1 heterocycles. The SMILES string of the molecule is c1ccc(C2NCC[35S]2)cc1. The molecule has 1 aromatic rings. The van der Waals surface area contributed by atoms with E-state index in [9.17, 15) is 0 Å². The van der Waals surface area contributed by atoms with Gasteiger partial charge in [0.2, 0.25) is 0 Å². The summed E-state index contributed by atoms with van der Waals surface area (Å²) < 4.78 is 0. The van der Waals surface area contributed by atoms with E-state index in [1.165, 1.54) is 11.3 Å². The van der Waals surface area contributed by atoms with E-state index in [0.29, 0.717) is 5.37 Å². The molecule has 0 bridgehead atoms. The second kappa shape index (κ2) is 3.28. The first-order chi connectivity index (χ1) is 5.47. The maximum atomic E-state index is 3.44. The number of rotatable bonds is 1. The van der Waals surface area contributed by atoms with Crippen LogP contribution in [0, 0.1) is 0 Å². The van der Waals surface area contributed by atoms with E-state index in [4.69, 9.17) is 0 Å². The van der Waals surface area contributed by atoms with Crippen molar-refractivity contribution >= 4 is 11.8 Å². The monoisotopic (exact) mass is 168 g/mol. The molecule has 1 aliphatic heterocycles. The molecule has 11 heavy (non-hydrogen) atoms. The molecule has 1 aromatic carbocycles. The summed E-state index contributed by atoms with van der Waals surface area (Å²) in [5, 5.41) is 3.97. The van der Waals surface area contributed by atoms with E-state index in [0.717, 1.165) is 6.54 Å². The van der Waals surface area contributed by atoms with Crippen molar-refractivity contribution in [1.29, 1.82) is 0 Å². The lowest BCUT2D eigenvalue weighted by molar-refractivity contribution is 0.751. The highest BCUT2D eigenvalue weighted by Crippen LogP contribution is 2.29. The van der Waals surface area contributed by atoms with Gasteiger partial charge in [-0.1, -0.05) is 30.3 Å². The van der Waals surface area contributed by atoms with Crippen LogP contribution in [0.4, 0.5) is 0 Å². The minimum Gasteiger partial charge on any atom is -0.301 e. The summed E-state index contributed by atoms with van der Waals surface area (Å²) in [5.41, 5.74) is 1.40. The van der Waals surface area contributed by atoms with Gasteiger partial charge < -0.3 is 5.32 Å². The molecule has 1 aliphatic rings. The molecule has 1 fully saturated rings. The van der Waals surface area contributed by atoms with Crippen LogP contribution in [0.5, 0.6) is 0 Å². The third kappa shape index (κ3) is 1.57. The second-order valence-corrected chi connectivity index (χ2v) is 3.83. The Hall–Kier alpha value is -0.470. The van der Waals surface area contributed by atoms with Crippen LogP contribution in [0.1, 0.15) is 10.9 Å². The normalized spacial score (nSPS) is 23.8. The van der Waals surface area contributed by atoms with Crippen LogP contribution in [-0.4, -0.2) is 12.3 Å².